The number of hydrogen-bond donors (Lipinski definition) is 1. The van der Waals surface area contributed by atoms with Crippen LogP contribution in [0.15, 0.2) is 42.5 Å². The van der Waals surface area contributed by atoms with Gasteiger partial charge in [-0.15, -0.1) is 0 Å². The van der Waals surface area contributed by atoms with Crippen molar-refractivity contribution in [1.29, 1.82) is 0 Å². The number of alkyl halides is 9. The SMILES string of the molecule is COC(=O)[C@H]1O[C@@H](O[C@@H]2[C@@H](NC(=O)C(Cl)(Cl)Cl)[C@H](OCc3ccc4ccccc4c3)O[C@H](COS(=O)(=O)C(F)(F)F)[C@H]2OS(=O)(=O)C(F)(F)F)[C@H](OC(C)=O)[C@@H](OC(C)=O)[C@@H]1OC(C)=O. The number of hydrogen-bond acceptors (Lipinski definition) is 19. The molecule has 0 aromatic heterocycles. The first-order valence-corrected chi connectivity index (χ1v) is 21.8. The standard InChI is InChI=1S/C34H34Cl3F6NO19S2/c1-14(45)57-24-25(58-15(2)46)27(59-16(3)47)30(62-26(24)28(48)54-4)61-23-21(44-31(49)32(35,36)37)29(55-12-17-9-10-18-7-5-6-8-19(18)11-17)60-20(13-56-64(50,51)33(38,39)40)22(23)63-65(52,53)34(41,42)43/h5-11,20-27,29-30H,12-13H2,1-4H3,(H,44,49)/t20-,21-,22-,23-,24+,25+,26+,27-,29-,30-/m1/s1. The molecule has 0 bridgehead atoms. The lowest BCUT2D eigenvalue weighted by Gasteiger charge is -2.49. The summed E-state index contributed by atoms with van der Waals surface area (Å²) < 4.78 is 181. The van der Waals surface area contributed by atoms with E-state index in [4.69, 9.17) is 68.0 Å². The maximum absolute atomic E-state index is 14.1. The van der Waals surface area contributed by atoms with Gasteiger partial charge >= 0.3 is 55.1 Å². The molecular weight excluding hydrogens is 1010 g/mol. The molecule has 1 N–H and O–H groups in total. The molecule has 2 heterocycles. The Morgan fingerprint density at radius 1 is 0.708 bits per heavy atom. The van der Waals surface area contributed by atoms with E-state index in [1.165, 1.54) is 12.1 Å². The van der Waals surface area contributed by atoms with Gasteiger partial charge in [-0.05, 0) is 22.4 Å². The first-order chi connectivity index (χ1) is 29.9. The Balaban J connectivity index is 2.01. The molecule has 2 aliphatic heterocycles. The average Bonchev–Trinajstić information content (AvgIpc) is 3.17. The van der Waals surface area contributed by atoms with E-state index in [1.807, 2.05) is 5.32 Å². The van der Waals surface area contributed by atoms with E-state index < -0.39 is 139 Å². The van der Waals surface area contributed by atoms with Crippen LogP contribution in [0.25, 0.3) is 10.8 Å². The molecule has 364 valence electrons. The highest BCUT2D eigenvalue weighted by atomic mass is 35.6. The van der Waals surface area contributed by atoms with Crippen molar-refractivity contribution in [3.8, 4) is 0 Å². The van der Waals surface area contributed by atoms with Gasteiger partial charge in [0, 0.05) is 20.8 Å². The zero-order chi connectivity index (χ0) is 49.0. The second-order valence-electron chi connectivity index (χ2n) is 13.4. The maximum Gasteiger partial charge on any atom is 0.523 e. The van der Waals surface area contributed by atoms with Crippen molar-refractivity contribution in [3.63, 3.8) is 0 Å². The number of rotatable bonds is 15. The predicted molar refractivity (Wildman–Crippen MR) is 203 cm³/mol. The second-order valence-corrected chi connectivity index (χ2v) is 18.9. The number of nitrogens with one attached hydrogen (secondary N) is 1. The molecule has 65 heavy (non-hydrogen) atoms. The van der Waals surface area contributed by atoms with Crippen molar-refractivity contribution in [2.24, 2.45) is 0 Å². The van der Waals surface area contributed by atoms with Gasteiger partial charge in [0.05, 0.1) is 20.3 Å². The normalized spacial score (nSPS) is 26.7. The summed E-state index contributed by atoms with van der Waals surface area (Å²) in [6.45, 7) is -0.458. The van der Waals surface area contributed by atoms with E-state index in [2.05, 4.69) is 13.1 Å². The van der Waals surface area contributed by atoms with Crippen LogP contribution in [0.1, 0.15) is 26.3 Å². The van der Waals surface area contributed by atoms with Gasteiger partial charge in [-0.1, -0.05) is 71.2 Å². The molecule has 2 aromatic carbocycles. The first kappa shape index (κ1) is 53.8. The minimum Gasteiger partial charge on any atom is -0.467 e. The van der Waals surface area contributed by atoms with Crippen LogP contribution in [0, 0.1) is 0 Å². The summed E-state index contributed by atoms with van der Waals surface area (Å²) in [6, 6.07) is 8.84. The Hall–Kier alpha value is -3.84. The van der Waals surface area contributed by atoms with Crippen LogP contribution >= 0.6 is 34.8 Å². The summed E-state index contributed by atoms with van der Waals surface area (Å²) >= 11 is 17.3. The summed E-state index contributed by atoms with van der Waals surface area (Å²) in [7, 11) is -13.0. The van der Waals surface area contributed by atoms with Crippen LogP contribution in [-0.2, 0) is 97.1 Å². The van der Waals surface area contributed by atoms with Crippen LogP contribution in [-0.4, -0.2) is 136 Å². The summed E-state index contributed by atoms with van der Waals surface area (Å²) in [5, 5.41) is 3.24. The molecule has 2 fully saturated rings. The highest BCUT2D eigenvalue weighted by molar-refractivity contribution is 7.87. The molecule has 2 aliphatic rings. The Morgan fingerprint density at radius 3 is 1.80 bits per heavy atom. The molecule has 0 saturated carbocycles. The van der Waals surface area contributed by atoms with Crippen molar-refractivity contribution < 1.29 is 113 Å². The molecule has 2 saturated heterocycles. The molecular formula is C34H34Cl3F6NO19S2. The van der Waals surface area contributed by atoms with Gasteiger partial charge in [0.25, 0.3) is 9.70 Å². The zero-order valence-corrected chi connectivity index (χ0v) is 37.1. The zero-order valence-electron chi connectivity index (χ0n) is 33.2. The quantitative estimate of drug-likeness (QED) is 0.0671. The number of fused-ring (bicyclic) bond motifs is 1. The van der Waals surface area contributed by atoms with E-state index in [-0.39, 0.29) is 5.56 Å². The second kappa shape index (κ2) is 21.0. The van der Waals surface area contributed by atoms with Gasteiger partial charge in [-0.2, -0.15) is 43.2 Å². The number of carbonyl (C=O) groups excluding carboxylic acids is 5. The van der Waals surface area contributed by atoms with E-state index >= 15 is 0 Å². The Morgan fingerprint density at radius 2 is 1.26 bits per heavy atom. The van der Waals surface area contributed by atoms with Crippen molar-refractivity contribution in [3.05, 3.63) is 48.0 Å². The molecule has 0 unspecified atom stereocenters. The van der Waals surface area contributed by atoms with Crippen molar-refractivity contribution in [2.45, 2.75) is 104 Å². The third-order valence-electron chi connectivity index (χ3n) is 8.75. The number of carbonyl (C=O) groups is 5. The smallest absolute Gasteiger partial charge is 0.467 e. The van der Waals surface area contributed by atoms with E-state index in [9.17, 15) is 67.2 Å². The minimum absolute atomic E-state index is 0.244. The van der Waals surface area contributed by atoms with E-state index in [0.717, 1.165) is 27.9 Å². The third kappa shape index (κ3) is 13.6. The predicted octanol–water partition coefficient (Wildman–Crippen LogP) is 3.12. The molecule has 31 heteroatoms. The van der Waals surface area contributed by atoms with Gasteiger partial charge in [-0.25, -0.2) is 4.79 Å². The van der Waals surface area contributed by atoms with E-state index in [0.29, 0.717) is 10.8 Å². The lowest BCUT2D eigenvalue weighted by atomic mass is 9.94. The lowest BCUT2D eigenvalue weighted by molar-refractivity contribution is -0.340. The van der Waals surface area contributed by atoms with Crippen LogP contribution in [0.4, 0.5) is 26.3 Å². The number of halogens is 9. The van der Waals surface area contributed by atoms with Crippen molar-refractivity contribution in [1.82, 2.24) is 5.32 Å². The molecule has 20 nitrogen and oxygen atoms in total. The molecule has 0 spiro atoms. The molecule has 4 rings (SSSR count). The van der Waals surface area contributed by atoms with E-state index in [1.54, 1.807) is 30.3 Å². The third-order valence-corrected chi connectivity index (χ3v) is 11.3. The summed E-state index contributed by atoms with van der Waals surface area (Å²) in [5.74, 6) is -6.97. The summed E-state index contributed by atoms with van der Waals surface area (Å²) in [4.78, 5) is 63.6. The Bertz CT molecular complexity index is 2320. The van der Waals surface area contributed by atoms with Crippen molar-refractivity contribution >= 4 is 95.6 Å². The fourth-order valence-corrected chi connectivity index (χ4v) is 7.37. The van der Waals surface area contributed by atoms with Crippen LogP contribution < -0.4 is 5.32 Å². The molecule has 0 aliphatic carbocycles. The highest BCUT2D eigenvalue weighted by Crippen LogP contribution is 2.39. The van der Waals surface area contributed by atoms with Gasteiger partial charge in [0.2, 0.25) is 0 Å². The van der Waals surface area contributed by atoms with Gasteiger partial charge in [0.15, 0.2) is 37.0 Å². The van der Waals surface area contributed by atoms with Crippen molar-refractivity contribution in [2.75, 3.05) is 13.7 Å². The topological polar surface area (TPSA) is 258 Å². The highest BCUT2D eigenvalue weighted by Gasteiger charge is 2.61. The molecule has 1 amide bonds. The lowest BCUT2D eigenvalue weighted by Crippen LogP contribution is -2.70. The Kier molecular flexibility index (Phi) is 17.4. The molecule has 10 atom stereocenters. The number of amides is 1. The number of methoxy groups -OCH3 is 1. The minimum atomic E-state index is -7.02. The molecule has 2 aromatic rings. The first-order valence-electron chi connectivity index (χ1n) is 17.8. The monoisotopic (exact) mass is 1040 g/mol. The fourth-order valence-electron chi connectivity index (χ4n) is 6.12. The van der Waals surface area contributed by atoms with Gasteiger partial charge in [-0.3, -0.25) is 27.5 Å². The van der Waals surface area contributed by atoms with Gasteiger partial charge in [0.1, 0.15) is 24.4 Å². The average molecular weight is 1050 g/mol. The van der Waals surface area contributed by atoms with Gasteiger partial charge < -0.3 is 43.2 Å². The van der Waals surface area contributed by atoms with Crippen LogP contribution in [0.2, 0.25) is 0 Å². The summed E-state index contributed by atoms with van der Waals surface area (Å²) in [5.41, 5.74) is -12.4. The Labute approximate surface area is 378 Å². The number of esters is 4. The summed E-state index contributed by atoms with van der Waals surface area (Å²) in [6.07, 6.45) is -22.9. The van der Waals surface area contributed by atoms with Crippen LogP contribution in [0.5, 0.6) is 0 Å². The number of ether oxygens (including phenoxy) is 8. The fraction of sp³-hybridized carbons (Fsp3) is 0.559. The van der Waals surface area contributed by atoms with Crippen LogP contribution in [0.3, 0.4) is 0 Å². The largest absolute Gasteiger partial charge is 0.523 e. The number of benzene rings is 2. The molecule has 0 radical (unpaired) electrons. The maximum atomic E-state index is 14.1.